The zero-order valence-corrected chi connectivity index (χ0v) is 21.7. The van der Waals surface area contributed by atoms with Gasteiger partial charge >= 0.3 is 0 Å². The molecule has 3 aromatic carbocycles. The molecule has 0 aromatic heterocycles. The molecule has 0 amide bonds. The van der Waals surface area contributed by atoms with Gasteiger partial charge in [-0.1, -0.05) is 54.6 Å². The summed E-state index contributed by atoms with van der Waals surface area (Å²) in [6.45, 7) is -0.331. The van der Waals surface area contributed by atoms with Crippen LogP contribution in [0.4, 0.5) is 0 Å². The molecule has 0 aliphatic heterocycles. The Hall–Kier alpha value is -2.73. The Morgan fingerprint density at radius 1 is 0.514 bits per heavy atom. The highest BCUT2D eigenvalue weighted by Crippen LogP contribution is 2.06. The van der Waals surface area contributed by atoms with Crippen molar-refractivity contribution in [3.63, 3.8) is 0 Å². The Morgan fingerprint density at radius 3 is 0.865 bits per heavy atom. The predicted octanol–water partition coefficient (Wildman–Crippen LogP) is 1.52. The zero-order chi connectivity index (χ0) is 28.5. The van der Waals surface area contributed by atoms with Crippen LogP contribution in [0.25, 0.3) is 0 Å². The van der Waals surface area contributed by atoms with E-state index in [9.17, 15) is 25.3 Å². The molecule has 0 saturated heterocycles. The molecule has 1 unspecified atom stereocenters. The van der Waals surface area contributed by atoms with Crippen molar-refractivity contribution in [3.8, 4) is 0 Å². The quantitative estimate of drug-likeness (QED) is 0.228. The highest BCUT2D eigenvalue weighted by Gasteiger charge is 2.07. The molecule has 0 radical (unpaired) electrons. The van der Waals surface area contributed by atoms with Gasteiger partial charge in [0.15, 0.2) is 0 Å². The van der Waals surface area contributed by atoms with Crippen molar-refractivity contribution in [2.45, 2.75) is 27.2 Å². The minimum Gasteiger partial charge on any atom is -0.396 e. The first-order valence-electron chi connectivity index (χ1n) is 10.1. The summed E-state index contributed by atoms with van der Waals surface area (Å²) < 4.78 is 87.7. The first kappa shape index (κ1) is 34.3. The molecule has 1 atom stereocenters. The van der Waals surface area contributed by atoms with Gasteiger partial charge in [0.2, 0.25) is 0 Å². The van der Waals surface area contributed by atoms with Crippen LogP contribution >= 0.6 is 0 Å². The molecule has 0 aliphatic carbocycles. The summed E-state index contributed by atoms with van der Waals surface area (Å²) in [7, 11) is -12.0. The predicted molar refractivity (Wildman–Crippen MR) is 134 cm³/mol. The third-order valence-corrected chi connectivity index (χ3v) is 6.40. The first-order chi connectivity index (χ1) is 17.1. The molecule has 0 saturated carbocycles. The maximum Gasteiger partial charge on any atom is 0.294 e. The van der Waals surface area contributed by atoms with Crippen molar-refractivity contribution >= 4 is 30.4 Å². The Kier molecular flexibility index (Phi) is 15.7. The summed E-state index contributed by atoms with van der Waals surface area (Å²) in [4.78, 5) is -0.222. The van der Waals surface area contributed by atoms with Crippen LogP contribution in [0.5, 0.6) is 0 Å². The Bertz CT molecular complexity index is 1170. The molecule has 12 nitrogen and oxygen atoms in total. The highest BCUT2D eigenvalue weighted by molar-refractivity contribution is 7.86. The summed E-state index contributed by atoms with van der Waals surface area (Å²) in [5, 5.41) is 24.6. The highest BCUT2D eigenvalue weighted by atomic mass is 32.2. The molecule has 37 heavy (non-hydrogen) atoms. The smallest absolute Gasteiger partial charge is 0.294 e. The topological polar surface area (TPSA) is 224 Å². The van der Waals surface area contributed by atoms with E-state index in [-0.39, 0.29) is 34.3 Å². The third kappa shape index (κ3) is 16.6. The molecule has 0 heterocycles. The molecule has 206 valence electrons. The minimum atomic E-state index is -4.00. The summed E-state index contributed by atoms with van der Waals surface area (Å²) in [6.07, 6.45) is -0.485. The van der Waals surface area contributed by atoms with E-state index in [1.807, 2.05) is 0 Å². The Labute approximate surface area is 215 Å². The van der Waals surface area contributed by atoms with Gasteiger partial charge in [-0.2, -0.15) is 25.3 Å². The molecule has 0 spiro atoms. The SMILES string of the molecule is O=S(=O)(O)c1ccccc1.O=S(=O)(O)c1ccccc1.O=S(=O)(O)c1ccccc1.OCCC(O)CO. The largest absolute Gasteiger partial charge is 0.396 e. The van der Waals surface area contributed by atoms with Crippen LogP contribution in [0.1, 0.15) is 6.42 Å². The van der Waals surface area contributed by atoms with Crippen molar-refractivity contribution in [2.75, 3.05) is 13.2 Å². The lowest BCUT2D eigenvalue weighted by Gasteiger charge is -2.00. The van der Waals surface area contributed by atoms with Gasteiger partial charge in [-0.15, -0.1) is 0 Å². The number of rotatable bonds is 6. The van der Waals surface area contributed by atoms with E-state index in [1.54, 1.807) is 54.6 Å². The number of hydrogen-bond donors (Lipinski definition) is 6. The maximum atomic E-state index is 10.4. The molecule has 0 fully saturated rings. The number of hydrogen-bond acceptors (Lipinski definition) is 9. The standard InChI is InChI=1S/3C6H6O3S.C4H10O3/c3*7-10(8,9)6-4-2-1-3-5-6;5-2-1-4(7)3-6/h3*1-5H,(H,7,8,9);4-7H,1-3H2. The fourth-order valence-electron chi connectivity index (χ4n) is 2.02. The summed E-state index contributed by atoms with van der Waals surface area (Å²) in [5.74, 6) is 0. The van der Waals surface area contributed by atoms with Gasteiger partial charge in [-0.3, -0.25) is 13.7 Å². The maximum absolute atomic E-state index is 10.4. The summed E-state index contributed by atoms with van der Waals surface area (Å²) in [5.41, 5.74) is 0. The van der Waals surface area contributed by atoms with Crippen molar-refractivity contribution in [3.05, 3.63) is 91.0 Å². The molecule has 15 heteroatoms. The monoisotopic (exact) mass is 580 g/mol. The fourth-order valence-corrected chi connectivity index (χ4v) is 3.52. The minimum absolute atomic E-state index is 0.0677. The van der Waals surface area contributed by atoms with Gasteiger partial charge in [0.05, 0.1) is 27.4 Å². The van der Waals surface area contributed by atoms with Gasteiger partial charge < -0.3 is 15.3 Å². The molecule has 3 rings (SSSR count). The van der Waals surface area contributed by atoms with E-state index in [0.717, 1.165) is 0 Å². The Morgan fingerprint density at radius 2 is 0.757 bits per heavy atom. The van der Waals surface area contributed by atoms with Gasteiger partial charge in [0.25, 0.3) is 30.4 Å². The Balaban J connectivity index is 0.000000472. The second-order valence-electron chi connectivity index (χ2n) is 6.71. The first-order valence-corrected chi connectivity index (χ1v) is 14.4. The molecular formula is C22H28O12S3. The zero-order valence-electron chi connectivity index (χ0n) is 19.2. The van der Waals surface area contributed by atoms with Crippen LogP contribution in [0.2, 0.25) is 0 Å². The molecular weight excluding hydrogens is 552 g/mol. The van der Waals surface area contributed by atoms with Gasteiger partial charge in [0.1, 0.15) is 0 Å². The average Bonchev–Trinajstić information content (AvgIpc) is 2.85. The summed E-state index contributed by atoms with van der Waals surface area (Å²) >= 11 is 0. The van der Waals surface area contributed by atoms with Gasteiger partial charge in [0, 0.05) is 6.61 Å². The number of aliphatic hydroxyl groups excluding tert-OH is 3. The second-order valence-corrected chi connectivity index (χ2v) is 11.0. The third-order valence-electron chi connectivity index (χ3n) is 3.80. The fraction of sp³-hybridized carbons (Fsp3) is 0.182. The van der Waals surface area contributed by atoms with E-state index in [1.165, 1.54) is 36.4 Å². The lowest BCUT2D eigenvalue weighted by molar-refractivity contribution is 0.0721. The molecule has 6 N–H and O–H groups in total. The lowest BCUT2D eigenvalue weighted by Crippen LogP contribution is -2.12. The van der Waals surface area contributed by atoms with Crippen molar-refractivity contribution < 1.29 is 54.2 Å². The van der Waals surface area contributed by atoms with E-state index in [2.05, 4.69) is 0 Å². The van der Waals surface area contributed by atoms with Crippen LogP contribution in [0, 0.1) is 0 Å². The second kappa shape index (κ2) is 16.9. The lowest BCUT2D eigenvalue weighted by atomic mass is 10.3. The van der Waals surface area contributed by atoms with Crippen LogP contribution in [-0.4, -0.2) is 73.5 Å². The van der Waals surface area contributed by atoms with Gasteiger partial charge in [-0.05, 0) is 42.8 Å². The van der Waals surface area contributed by atoms with Crippen molar-refractivity contribution in [2.24, 2.45) is 0 Å². The van der Waals surface area contributed by atoms with Gasteiger partial charge in [-0.25, -0.2) is 0 Å². The van der Waals surface area contributed by atoms with E-state index in [4.69, 9.17) is 29.0 Å². The molecule has 3 aromatic rings. The van der Waals surface area contributed by atoms with E-state index in [0.29, 0.717) is 0 Å². The van der Waals surface area contributed by atoms with Crippen molar-refractivity contribution in [1.82, 2.24) is 0 Å². The normalized spacial score (nSPS) is 11.8. The molecule has 0 bridgehead atoms. The summed E-state index contributed by atoms with van der Waals surface area (Å²) in [6, 6.07) is 22.3. The van der Waals surface area contributed by atoms with Crippen molar-refractivity contribution in [1.29, 1.82) is 0 Å². The van der Waals surface area contributed by atoms with Crippen LogP contribution in [0.3, 0.4) is 0 Å². The number of aliphatic hydroxyl groups is 3. The number of benzene rings is 3. The van der Waals surface area contributed by atoms with E-state index < -0.39 is 36.5 Å². The van der Waals surface area contributed by atoms with Crippen LogP contribution in [0.15, 0.2) is 106 Å². The molecule has 0 aliphatic rings. The van der Waals surface area contributed by atoms with Crippen LogP contribution in [-0.2, 0) is 30.4 Å². The average molecular weight is 581 g/mol. The van der Waals surface area contributed by atoms with E-state index >= 15 is 0 Å². The van der Waals surface area contributed by atoms with Crippen LogP contribution < -0.4 is 0 Å².